The Labute approximate surface area is 113 Å². The molecule has 0 aliphatic heterocycles. The summed E-state index contributed by atoms with van der Waals surface area (Å²) < 4.78 is 15.8. The molecular weight excluding hydrogens is 267 g/mol. The van der Waals surface area contributed by atoms with E-state index in [2.05, 4.69) is 0 Å². The Kier molecular flexibility index (Phi) is 7.08. The monoisotopic (exact) mass is 284 g/mol. The highest BCUT2D eigenvalue weighted by atomic mass is 31.2. The molecule has 19 heavy (non-hydrogen) atoms. The SMILES string of the molecule is CCOC(=O)C(C)OP(CC=O)Oc1ccccc1. The Balaban J connectivity index is 2.57. The van der Waals surface area contributed by atoms with Gasteiger partial charge in [-0.25, -0.2) is 4.79 Å². The molecule has 1 rings (SSSR count). The molecule has 0 radical (unpaired) electrons. The summed E-state index contributed by atoms with van der Waals surface area (Å²) in [6, 6.07) is 9.02. The van der Waals surface area contributed by atoms with Gasteiger partial charge in [-0.3, -0.25) is 0 Å². The van der Waals surface area contributed by atoms with Gasteiger partial charge in [0, 0.05) is 0 Å². The molecule has 0 bridgehead atoms. The summed E-state index contributed by atoms with van der Waals surface area (Å²) in [4.78, 5) is 22.1. The van der Waals surface area contributed by atoms with Crippen molar-refractivity contribution in [2.24, 2.45) is 0 Å². The Morgan fingerprint density at radius 1 is 1.37 bits per heavy atom. The van der Waals surface area contributed by atoms with Crippen LogP contribution in [-0.4, -0.2) is 31.1 Å². The zero-order valence-corrected chi connectivity index (χ0v) is 11.8. The largest absolute Gasteiger partial charge is 0.464 e. The third kappa shape index (κ3) is 5.81. The summed E-state index contributed by atoms with van der Waals surface area (Å²) >= 11 is 0. The van der Waals surface area contributed by atoms with Gasteiger partial charge in [0.1, 0.15) is 12.0 Å². The first kappa shape index (κ1) is 15.6. The van der Waals surface area contributed by atoms with E-state index >= 15 is 0 Å². The van der Waals surface area contributed by atoms with Gasteiger partial charge in [-0.05, 0) is 26.0 Å². The molecular formula is C13H17O5P. The molecule has 2 atom stereocenters. The lowest BCUT2D eigenvalue weighted by Crippen LogP contribution is -2.22. The number of benzene rings is 1. The first-order chi connectivity index (χ1) is 9.17. The van der Waals surface area contributed by atoms with Gasteiger partial charge in [0.25, 0.3) is 0 Å². The number of hydrogen-bond donors (Lipinski definition) is 0. The van der Waals surface area contributed by atoms with Crippen LogP contribution in [0.5, 0.6) is 5.75 Å². The summed E-state index contributed by atoms with van der Waals surface area (Å²) in [6.45, 7) is 3.59. The van der Waals surface area contributed by atoms with E-state index in [0.717, 1.165) is 0 Å². The number of carbonyl (C=O) groups is 2. The fourth-order valence-corrected chi connectivity index (χ4v) is 2.36. The van der Waals surface area contributed by atoms with Crippen molar-refractivity contribution < 1.29 is 23.4 Å². The molecule has 0 aromatic heterocycles. The molecule has 5 nitrogen and oxygen atoms in total. The van der Waals surface area contributed by atoms with Gasteiger partial charge >= 0.3 is 5.97 Å². The third-order valence-corrected chi connectivity index (χ3v) is 3.48. The van der Waals surface area contributed by atoms with Crippen LogP contribution in [0.1, 0.15) is 13.8 Å². The highest BCUT2D eigenvalue weighted by molar-refractivity contribution is 7.48. The Morgan fingerprint density at radius 2 is 2.05 bits per heavy atom. The number of ether oxygens (including phenoxy) is 1. The van der Waals surface area contributed by atoms with Crippen molar-refractivity contribution in [1.82, 2.24) is 0 Å². The molecule has 0 heterocycles. The zero-order chi connectivity index (χ0) is 14.1. The molecule has 6 heteroatoms. The van der Waals surface area contributed by atoms with Gasteiger partial charge in [-0.15, -0.1) is 0 Å². The van der Waals surface area contributed by atoms with Crippen molar-refractivity contribution >= 4 is 20.6 Å². The molecule has 0 aliphatic carbocycles. The van der Waals surface area contributed by atoms with Crippen LogP contribution >= 0.6 is 8.38 Å². The van der Waals surface area contributed by atoms with Gasteiger partial charge < -0.3 is 18.6 Å². The minimum Gasteiger partial charge on any atom is -0.464 e. The van der Waals surface area contributed by atoms with Crippen LogP contribution in [0.2, 0.25) is 0 Å². The van der Waals surface area contributed by atoms with Gasteiger partial charge in [-0.2, -0.15) is 0 Å². The molecule has 0 saturated carbocycles. The molecule has 1 aromatic rings. The van der Waals surface area contributed by atoms with Crippen molar-refractivity contribution in [3.05, 3.63) is 30.3 Å². The first-order valence-electron chi connectivity index (χ1n) is 5.95. The molecule has 0 fully saturated rings. The maximum absolute atomic E-state index is 11.5. The van der Waals surface area contributed by atoms with Gasteiger partial charge in [0.2, 0.25) is 8.38 Å². The molecule has 0 saturated heterocycles. The lowest BCUT2D eigenvalue weighted by Gasteiger charge is -2.19. The predicted octanol–water partition coefficient (Wildman–Crippen LogP) is 2.54. The summed E-state index contributed by atoms with van der Waals surface area (Å²) in [7, 11) is -1.49. The van der Waals surface area contributed by atoms with Crippen LogP contribution < -0.4 is 4.52 Å². The van der Waals surface area contributed by atoms with Crippen LogP contribution in [0.4, 0.5) is 0 Å². The second-order valence-corrected chi connectivity index (χ2v) is 5.01. The minimum absolute atomic E-state index is 0.105. The molecule has 0 aliphatic rings. The third-order valence-electron chi connectivity index (χ3n) is 2.07. The average Bonchev–Trinajstić information content (AvgIpc) is 2.40. The number of hydrogen-bond acceptors (Lipinski definition) is 5. The Bertz CT molecular complexity index is 395. The quantitative estimate of drug-likeness (QED) is 0.417. The fourth-order valence-electron chi connectivity index (χ4n) is 1.24. The van der Waals surface area contributed by atoms with E-state index in [-0.39, 0.29) is 12.8 Å². The van der Waals surface area contributed by atoms with Crippen molar-refractivity contribution in [2.45, 2.75) is 20.0 Å². The number of carbonyl (C=O) groups excluding carboxylic acids is 2. The summed E-state index contributed by atoms with van der Waals surface area (Å²) in [6.07, 6.45) is 0.0650. The fraction of sp³-hybridized carbons (Fsp3) is 0.385. The van der Waals surface area contributed by atoms with Crippen molar-refractivity contribution in [1.29, 1.82) is 0 Å². The van der Waals surface area contributed by atoms with Crippen LogP contribution in [0.25, 0.3) is 0 Å². The van der Waals surface area contributed by atoms with E-state index < -0.39 is 20.4 Å². The molecule has 1 aromatic carbocycles. The van der Waals surface area contributed by atoms with Crippen LogP contribution in [0.15, 0.2) is 30.3 Å². The Morgan fingerprint density at radius 3 is 2.63 bits per heavy atom. The number of para-hydroxylation sites is 1. The summed E-state index contributed by atoms with van der Waals surface area (Å²) in [5.41, 5.74) is 0. The van der Waals surface area contributed by atoms with Gasteiger partial charge in [0.15, 0.2) is 6.10 Å². The van der Waals surface area contributed by atoms with E-state index in [4.69, 9.17) is 13.8 Å². The normalized spacial score (nSPS) is 13.4. The van der Waals surface area contributed by atoms with E-state index in [1.165, 1.54) is 0 Å². The molecule has 2 unspecified atom stereocenters. The first-order valence-corrected chi connectivity index (χ1v) is 7.31. The highest BCUT2D eigenvalue weighted by Crippen LogP contribution is 2.39. The van der Waals surface area contributed by atoms with E-state index in [1.807, 2.05) is 18.2 Å². The van der Waals surface area contributed by atoms with Crippen LogP contribution in [0.3, 0.4) is 0 Å². The lowest BCUT2D eigenvalue weighted by molar-refractivity contribution is -0.150. The topological polar surface area (TPSA) is 61.8 Å². The molecule has 0 spiro atoms. The second-order valence-electron chi connectivity index (χ2n) is 3.59. The maximum Gasteiger partial charge on any atom is 0.335 e. The molecule has 0 N–H and O–H groups in total. The van der Waals surface area contributed by atoms with E-state index in [9.17, 15) is 9.59 Å². The van der Waals surface area contributed by atoms with Crippen molar-refractivity contribution in [2.75, 3.05) is 12.8 Å². The standard InChI is InChI=1S/C13H17O5P/c1-3-16-13(15)11(2)17-19(10-9-14)18-12-7-5-4-6-8-12/h4-9,11H,3,10H2,1-2H3. The minimum atomic E-state index is -1.49. The molecule has 104 valence electrons. The summed E-state index contributed by atoms with van der Waals surface area (Å²) in [5.74, 6) is 0.143. The van der Waals surface area contributed by atoms with Crippen molar-refractivity contribution in [3.63, 3.8) is 0 Å². The zero-order valence-electron chi connectivity index (χ0n) is 10.9. The van der Waals surface area contributed by atoms with Crippen molar-refractivity contribution in [3.8, 4) is 5.75 Å². The summed E-state index contributed by atoms with van der Waals surface area (Å²) in [5, 5.41) is 0. The Hall–Kier alpha value is -1.45. The maximum atomic E-state index is 11.5. The number of rotatable bonds is 8. The average molecular weight is 284 g/mol. The smallest absolute Gasteiger partial charge is 0.335 e. The van der Waals surface area contributed by atoms with Crippen LogP contribution in [-0.2, 0) is 18.8 Å². The molecule has 0 amide bonds. The highest BCUT2D eigenvalue weighted by Gasteiger charge is 2.22. The number of aldehydes is 1. The number of esters is 1. The van der Waals surface area contributed by atoms with Gasteiger partial charge in [-0.1, -0.05) is 18.2 Å². The van der Waals surface area contributed by atoms with Crippen LogP contribution in [0, 0.1) is 0 Å². The second kappa shape index (κ2) is 8.62. The van der Waals surface area contributed by atoms with E-state index in [1.54, 1.807) is 26.0 Å². The van der Waals surface area contributed by atoms with E-state index in [0.29, 0.717) is 12.0 Å². The van der Waals surface area contributed by atoms with Gasteiger partial charge in [0.05, 0.1) is 12.8 Å². The lowest BCUT2D eigenvalue weighted by atomic mass is 10.3. The predicted molar refractivity (Wildman–Crippen MR) is 72.1 cm³/mol.